The number of nitrogens with zero attached hydrogens (tertiary/aromatic N) is 2. The van der Waals surface area contributed by atoms with Gasteiger partial charge in [0.05, 0.1) is 11.8 Å². The van der Waals surface area contributed by atoms with Gasteiger partial charge in [0.2, 0.25) is 0 Å². The van der Waals surface area contributed by atoms with E-state index in [-0.39, 0.29) is 17.5 Å². The molecule has 1 aromatic carbocycles. The largest absolute Gasteiger partial charge is 0.455 e. The van der Waals surface area contributed by atoms with Gasteiger partial charge in [-0.3, -0.25) is 9.78 Å². The van der Waals surface area contributed by atoms with Gasteiger partial charge in [-0.05, 0) is 57.5 Å². The van der Waals surface area contributed by atoms with E-state index in [2.05, 4.69) is 4.98 Å². The van der Waals surface area contributed by atoms with E-state index in [1.807, 2.05) is 33.8 Å². The average Bonchev–Trinajstić information content (AvgIpc) is 2.51. The minimum atomic E-state index is -0.469. The summed E-state index contributed by atoms with van der Waals surface area (Å²) in [5, 5.41) is 0. The monoisotopic (exact) mass is 316 g/mol. The van der Waals surface area contributed by atoms with Crippen LogP contribution in [-0.4, -0.2) is 28.4 Å². The van der Waals surface area contributed by atoms with Crippen molar-refractivity contribution in [2.24, 2.45) is 0 Å². The van der Waals surface area contributed by atoms with Crippen LogP contribution in [0.2, 0.25) is 0 Å². The highest BCUT2D eigenvalue weighted by molar-refractivity contribution is 5.97. The van der Waals surface area contributed by atoms with Crippen molar-refractivity contribution in [1.82, 2.24) is 9.88 Å². The summed E-state index contributed by atoms with van der Waals surface area (Å²) >= 11 is 0. The van der Waals surface area contributed by atoms with Crippen molar-refractivity contribution >= 4 is 5.91 Å². The van der Waals surface area contributed by atoms with E-state index in [4.69, 9.17) is 4.74 Å². The number of halogens is 1. The molecular weight excluding hydrogens is 295 g/mol. The molecule has 0 saturated carbocycles. The van der Waals surface area contributed by atoms with Gasteiger partial charge in [-0.1, -0.05) is 0 Å². The maximum absolute atomic E-state index is 13.7. The number of hydrogen-bond donors (Lipinski definition) is 0. The molecule has 0 N–H and O–H groups in total. The van der Waals surface area contributed by atoms with Gasteiger partial charge in [-0.25, -0.2) is 4.39 Å². The summed E-state index contributed by atoms with van der Waals surface area (Å²) < 4.78 is 19.5. The van der Waals surface area contributed by atoms with Crippen LogP contribution in [-0.2, 0) is 0 Å². The van der Waals surface area contributed by atoms with Crippen LogP contribution in [0.4, 0.5) is 4.39 Å². The fourth-order valence-corrected chi connectivity index (χ4v) is 2.33. The molecule has 5 heteroatoms. The average molecular weight is 316 g/mol. The van der Waals surface area contributed by atoms with Crippen LogP contribution in [0.15, 0.2) is 36.7 Å². The van der Waals surface area contributed by atoms with Crippen LogP contribution >= 0.6 is 0 Å². The molecule has 1 amide bonds. The fraction of sp³-hybridized carbons (Fsp3) is 0.333. The van der Waals surface area contributed by atoms with Gasteiger partial charge in [0.1, 0.15) is 17.3 Å². The van der Waals surface area contributed by atoms with Gasteiger partial charge in [-0.2, -0.15) is 0 Å². The summed E-state index contributed by atoms with van der Waals surface area (Å²) in [6.07, 6.45) is 3.24. The number of rotatable bonds is 5. The molecular formula is C18H21FN2O2. The van der Waals surface area contributed by atoms with Crippen molar-refractivity contribution in [1.29, 1.82) is 0 Å². The number of amides is 1. The molecule has 1 heterocycles. The lowest BCUT2D eigenvalue weighted by Crippen LogP contribution is -2.36. The van der Waals surface area contributed by atoms with Crippen molar-refractivity contribution in [2.75, 3.05) is 6.54 Å². The van der Waals surface area contributed by atoms with Gasteiger partial charge >= 0.3 is 0 Å². The van der Waals surface area contributed by atoms with Gasteiger partial charge in [0, 0.05) is 18.8 Å². The first-order valence-corrected chi connectivity index (χ1v) is 7.63. The zero-order chi connectivity index (χ0) is 17.0. The standard InChI is InChI=1S/C18H21FN2O2/c1-5-21(12(2)3)18(22)15-10-14(19)6-7-16(15)23-17-11-20-9-8-13(17)4/h6-12H,5H2,1-4H3. The number of benzene rings is 1. The zero-order valence-electron chi connectivity index (χ0n) is 13.8. The third kappa shape index (κ3) is 3.86. The highest BCUT2D eigenvalue weighted by atomic mass is 19.1. The predicted octanol–water partition coefficient (Wildman–Crippen LogP) is 4.19. The number of aryl methyl sites for hydroxylation is 1. The molecule has 0 aliphatic heterocycles. The molecule has 0 unspecified atom stereocenters. The molecule has 0 spiro atoms. The molecule has 0 bridgehead atoms. The molecule has 122 valence electrons. The van der Waals surface area contributed by atoms with E-state index in [0.29, 0.717) is 18.0 Å². The molecule has 4 nitrogen and oxygen atoms in total. The fourth-order valence-electron chi connectivity index (χ4n) is 2.33. The molecule has 0 aliphatic rings. The van der Waals surface area contributed by atoms with Crippen molar-refractivity contribution in [3.63, 3.8) is 0 Å². The number of hydrogen-bond acceptors (Lipinski definition) is 3. The Morgan fingerprint density at radius 1 is 1.30 bits per heavy atom. The lowest BCUT2D eigenvalue weighted by molar-refractivity contribution is 0.0713. The second-order valence-corrected chi connectivity index (χ2v) is 5.57. The summed E-state index contributed by atoms with van der Waals surface area (Å²) in [5.41, 5.74) is 1.10. The van der Waals surface area contributed by atoms with Crippen molar-refractivity contribution in [2.45, 2.75) is 33.7 Å². The second kappa shape index (κ2) is 7.22. The van der Waals surface area contributed by atoms with Crippen LogP contribution in [0, 0.1) is 12.7 Å². The highest BCUT2D eigenvalue weighted by Gasteiger charge is 2.22. The number of carbonyl (C=O) groups excluding carboxylic acids is 1. The highest BCUT2D eigenvalue weighted by Crippen LogP contribution is 2.29. The van der Waals surface area contributed by atoms with Gasteiger partial charge in [0.15, 0.2) is 0 Å². The molecule has 0 atom stereocenters. The van der Waals surface area contributed by atoms with E-state index >= 15 is 0 Å². The van der Waals surface area contributed by atoms with E-state index in [1.54, 1.807) is 17.3 Å². The number of aromatic nitrogens is 1. The molecule has 0 fully saturated rings. The van der Waals surface area contributed by atoms with Crippen molar-refractivity contribution < 1.29 is 13.9 Å². The minimum absolute atomic E-state index is 0.0174. The van der Waals surface area contributed by atoms with E-state index < -0.39 is 5.82 Å². The topological polar surface area (TPSA) is 42.4 Å². The van der Waals surface area contributed by atoms with Gasteiger partial charge in [0.25, 0.3) is 5.91 Å². The maximum atomic E-state index is 13.7. The normalized spacial score (nSPS) is 10.7. The molecule has 2 rings (SSSR count). The predicted molar refractivity (Wildman–Crippen MR) is 87.3 cm³/mol. The van der Waals surface area contributed by atoms with Crippen molar-refractivity contribution in [3.8, 4) is 11.5 Å². The molecule has 2 aromatic rings. The third-order valence-corrected chi connectivity index (χ3v) is 3.61. The SMILES string of the molecule is CCN(C(=O)c1cc(F)ccc1Oc1cnccc1C)C(C)C. The molecule has 0 saturated heterocycles. The van der Waals surface area contributed by atoms with Crippen LogP contribution in [0.1, 0.15) is 36.7 Å². The smallest absolute Gasteiger partial charge is 0.257 e. The van der Waals surface area contributed by atoms with Gasteiger partial charge < -0.3 is 9.64 Å². The molecule has 0 radical (unpaired) electrons. The van der Waals surface area contributed by atoms with E-state index in [9.17, 15) is 9.18 Å². The second-order valence-electron chi connectivity index (χ2n) is 5.57. The van der Waals surface area contributed by atoms with Crippen LogP contribution in [0.3, 0.4) is 0 Å². The first kappa shape index (κ1) is 16.9. The Morgan fingerprint density at radius 3 is 2.65 bits per heavy atom. The Bertz CT molecular complexity index is 701. The Labute approximate surface area is 135 Å². The summed E-state index contributed by atoms with van der Waals surface area (Å²) in [6, 6.07) is 5.80. The summed E-state index contributed by atoms with van der Waals surface area (Å²) in [5.74, 6) is 0.148. The first-order chi connectivity index (χ1) is 10.9. The molecule has 0 aliphatic carbocycles. The number of ether oxygens (including phenoxy) is 1. The number of carbonyl (C=O) groups is 1. The minimum Gasteiger partial charge on any atom is -0.455 e. The van der Waals surface area contributed by atoms with Crippen LogP contribution < -0.4 is 4.74 Å². The maximum Gasteiger partial charge on any atom is 0.257 e. The quantitative estimate of drug-likeness (QED) is 0.830. The summed E-state index contributed by atoms with van der Waals surface area (Å²) in [4.78, 5) is 18.4. The van der Waals surface area contributed by atoms with E-state index in [0.717, 1.165) is 5.56 Å². The third-order valence-electron chi connectivity index (χ3n) is 3.61. The van der Waals surface area contributed by atoms with Crippen molar-refractivity contribution in [3.05, 3.63) is 53.6 Å². The summed E-state index contributed by atoms with van der Waals surface area (Å²) in [6.45, 7) is 8.16. The lowest BCUT2D eigenvalue weighted by atomic mass is 10.1. The number of pyridine rings is 1. The Hall–Kier alpha value is -2.43. The Kier molecular flexibility index (Phi) is 5.32. The van der Waals surface area contributed by atoms with Gasteiger partial charge in [-0.15, -0.1) is 0 Å². The Morgan fingerprint density at radius 2 is 2.04 bits per heavy atom. The molecule has 1 aromatic heterocycles. The lowest BCUT2D eigenvalue weighted by Gasteiger charge is -2.26. The first-order valence-electron chi connectivity index (χ1n) is 7.63. The van der Waals surface area contributed by atoms with Crippen LogP contribution in [0.25, 0.3) is 0 Å². The van der Waals surface area contributed by atoms with Crippen LogP contribution in [0.5, 0.6) is 11.5 Å². The van der Waals surface area contributed by atoms with E-state index in [1.165, 1.54) is 18.2 Å². The Balaban J connectivity index is 2.42. The molecule has 23 heavy (non-hydrogen) atoms. The zero-order valence-corrected chi connectivity index (χ0v) is 13.8. The summed E-state index contributed by atoms with van der Waals surface area (Å²) in [7, 11) is 0.